The van der Waals surface area contributed by atoms with Gasteiger partial charge in [0.05, 0.1) is 24.4 Å². The number of thiol groups is 1. The van der Waals surface area contributed by atoms with Gasteiger partial charge in [-0.2, -0.15) is 0 Å². The molecule has 7 heteroatoms. The highest BCUT2D eigenvalue weighted by molar-refractivity contribution is 8.60. The van der Waals surface area contributed by atoms with Gasteiger partial charge in [-0.25, -0.2) is 0 Å². The summed E-state index contributed by atoms with van der Waals surface area (Å²) < 4.78 is 21.9. The highest BCUT2D eigenvalue weighted by Crippen LogP contribution is 2.56. The average molecular weight is 330 g/mol. The van der Waals surface area contributed by atoms with Crippen LogP contribution in [0.3, 0.4) is 0 Å². The van der Waals surface area contributed by atoms with Crippen LogP contribution in [0.15, 0.2) is 0 Å². The van der Waals surface area contributed by atoms with Crippen molar-refractivity contribution in [1.82, 2.24) is 0 Å². The molecule has 0 bridgehead atoms. The molecule has 0 aliphatic rings. The lowest BCUT2D eigenvalue weighted by Crippen LogP contribution is -2.19. The van der Waals surface area contributed by atoms with Crippen LogP contribution >= 0.6 is 17.9 Å². The number of hydrogen-bond acceptors (Lipinski definition) is 5. The van der Waals surface area contributed by atoms with E-state index < -0.39 is 5.69 Å². The highest BCUT2D eigenvalue weighted by atomic mass is 32.9. The Hall–Kier alpha value is 0.840. The van der Waals surface area contributed by atoms with E-state index in [1.165, 1.54) is 0 Å². The molecule has 4 nitrogen and oxygen atoms in total. The molecule has 4 atom stereocenters. The van der Waals surface area contributed by atoms with Gasteiger partial charge in [0.1, 0.15) is 0 Å². The molecule has 116 valence electrons. The van der Waals surface area contributed by atoms with Crippen LogP contribution in [0.1, 0.15) is 40.5 Å². The quantitative estimate of drug-likeness (QED) is 0.487. The van der Waals surface area contributed by atoms with E-state index in [1.54, 1.807) is 14.2 Å². The maximum Gasteiger partial charge on any atom is 0.244 e. The predicted molar refractivity (Wildman–Crippen MR) is 86.5 cm³/mol. The zero-order valence-electron chi connectivity index (χ0n) is 12.7. The van der Waals surface area contributed by atoms with Gasteiger partial charge in [0, 0.05) is 14.2 Å². The molecule has 0 fully saturated rings. The summed E-state index contributed by atoms with van der Waals surface area (Å²) in [6.07, 6.45) is 1.72. The first kappa shape index (κ1) is 19.8. The van der Waals surface area contributed by atoms with Crippen molar-refractivity contribution in [2.75, 3.05) is 14.2 Å². The Morgan fingerprint density at radius 3 is 1.42 bits per heavy atom. The summed E-state index contributed by atoms with van der Waals surface area (Å²) in [5.41, 5.74) is -2.52. The van der Waals surface area contributed by atoms with Crippen LogP contribution in [-0.4, -0.2) is 38.6 Å². The molecule has 4 unspecified atom stereocenters. The van der Waals surface area contributed by atoms with E-state index in [1.807, 2.05) is 27.7 Å². The molecule has 0 saturated heterocycles. The smallest absolute Gasteiger partial charge is 0.244 e. The van der Waals surface area contributed by atoms with Crippen molar-refractivity contribution in [2.24, 2.45) is 0 Å². The van der Waals surface area contributed by atoms with Crippen LogP contribution in [0.4, 0.5) is 0 Å². The third kappa shape index (κ3) is 10.2. The Kier molecular flexibility index (Phi) is 10.1. The van der Waals surface area contributed by atoms with Gasteiger partial charge in [0.2, 0.25) is 5.69 Å². The molecule has 0 saturated carbocycles. The SMILES string of the molecule is COC(C)CC(C)OP(=S)(S)OC(C)CC(C)OC. The van der Waals surface area contributed by atoms with Gasteiger partial charge in [0.15, 0.2) is 0 Å². The van der Waals surface area contributed by atoms with Crippen LogP contribution in [0.25, 0.3) is 0 Å². The zero-order valence-corrected chi connectivity index (χ0v) is 15.3. The van der Waals surface area contributed by atoms with E-state index >= 15 is 0 Å². The van der Waals surface area contributed by atoms with E-state index in [0.29, 0.717) is 0 Å². The first-order valence-electron chi connectivity index (χ1n) is 6.45. The molecule has 0 spiro atoms. The van der Waals surface area contributed by atoms with E-state index in [2.05, 4.69) is 12.2 Å². The fourth-order valence-electron chi connectivity index (χ4n) is 1.69. The second-order valence-corrected chi connectivity index (χ2v) is 10.1. The lowest BCUT2D eigenvalue weighted by atomic mass is 10.2. The first-order valence-corrected chi connectivity index (χ1v) is 10.2. The maximum atomic E-state index is 5.74. The lowest BCUT2D eigenvalue weighted by molar-refractivity contribution is 0.0568. The summed E-state index contributed by atoms with van der Waals surface area (Å²) in [6.45, 7) is 7.90. The van der Waals surface area contributed by atoms with Gasteiger partial charge < -0.3 is 18.5 Å². The largest absolute Gasteiger partial charge is 0.382 e. The highest BCUT2D eigenvalue weighted by Gasteiger charge is 2.22. The third-order valence-corrected chi connectivity index (χ3v) is 5.09. The Balaban J connectivity index is 4.19. The van der Waals surface area contributed by atoms with Crippen molar-refractivity contribution >= 4 is 29.7 Å². The van der Waals surface area contributed by atoms with Crippen LogP contribution in [-0.2, 0) is 30.3 Å². The van der Waals surface area contributed by atoms with Gasteiger partial charge >= 0.3 is 0 Å². The minimum atomic E-state index is -2.52. The molecule has 0 aromatic rings. The third-order valence-electron chi connectivity index (χ3n) is 2.76. The van der Waals surface area contributed by atoms with Gasteiger partial charge in [0.25, 0.3) is 0 Å². The molecule has 0 amide bonds. The zero-order chi connectivity index (χ0) is 15.1. The number of methoxy groups -OCH3 is 2. The molecule has 0 N–H and O–H groups in total. The van der Waals surface area contributed by atoms with Gasteiger partial charge in [-0.15, -0.1) is 0 Å². The van der Waals surface area contributed by atoms with Crippen molar-refractivity contribution in [2.45, 2.75) is 65.0 Å². The van der Waals surface area contributed by atoms with E-state index in [4.69, 9.17) is 30.3 Å². The summed E-state index contributed by atoms with van der Waals surface area (Å²) in [6, 6.07) is 0. The predicted octanol–water partition coefficient (Wildman–Crippen LogP) is 3.80. The van der Waals surface area contributed by atoms with Crippen LogP contribution in [0, 0.1) is 0 Å². The summed E-state index contributed by atoms with van der Waals surface area (Å²) in [4.78, 5) is 0. The van der Waals surface area contributed by atoms with E-state index in [-0.39, 0.29) is 24.4 Å². The van der Waals surface area contributed by atoms with Gasteiger partial charge in [-0.3, -0.25) is 0 Å². The van der Waals surface area contributed by atoms with Crippen molar-refractivity contribution in [3.8, 4) is 0 Å². The molecule has 19 heavy (non-hydrogen) atoms. The molecule has 0 aromatic heterocycles. The fourth-order valence-corrected chi connectivity index (χ4v) is 4.67. The monoisotopic (exact) mass is 330 g/mol. The Morgan fingerprint density at radius 1 is 0.842 bits per heavy atom. The van der Waals surface area contributed by atoms with Gasteiger partial charge in [-0.05, 0) is 52.3 Å². The standard InChI is InChI=1S/C12H27O4PS2/c1-9(13-5)7-11(3)15-17(18,19)16-12(4)8-10(2)14-6/h9-12H,7-8H2,1-6H3,(H,18,19). The first-order chi connectivity index (χ1) is 8.70. The molecule has 0 rings (SSSR count). The number of ether oxygens (including phenoxy) is 2. The molecule has 0 heterocycles. The lowest BCUT2D eigenvalue weighted by Gasteiger charge is -2.26. The van der Waals surface area contributed by atoms with Crippen LogP contribution in [0.5, 0.6) is 0 Å². The topological polar surface area (TPSA) is 36.9 Å². The van der Waals surface area contributed by atoms with Crippen molar-refractivity contribution in [3.05, 3.63) is 0 Å². The second kappa shape index (κ2) is 9.72. The molecule has 0 aliphatic carbocycles. The van der Waals surface area contributed by atoms with Crippen LogP contribution in [0.2, 0.25) is 0 Å². The number of hydrogen-bond donors (Lipinski definition) is 1. The van der Waals surface area contributed by atoms with Crippen molar-refractivity contribution < 1.29 is 18.5 Å². The molecule has 0 radical (unpaired) electrons. The molecule has 0 aliphatic heterocycles. The molecular formula is C12H27O4PS2. The van der Waals surface area contributed by atoms with Crippen LogP contribution < -0.4 is 0 Å². The van der Waals surface area contributed by atoms with E-state index in [0.717, 1.165) is 12.8 Å². The molecular weight excluding hydrogens is 303 g/mol. The van der Waals surface area contributed by atoms with Crippen molar-refractivity contribution in [1.29, 1.82) is 0 Å². The summed E-state index contributed by atoms with van der Waals surface area (Å²) >= 11 is 9.69. The maximum absolute atomic E-state index is 5.74. The summed E-state index contributed by atoms with van der Waals surface area (Å²) in [5, 5.41) is 0. The average Bonchev–Trinajstić information content (AvgIpc) is 2.26. The Labute approximate surface area is 127 Å². The fraction of sp³-hybridized carbons (Fsp3) is 1.00. The number of rotatable bonds is 10. The van der Waals surface area contributed by atoms with Crippen molar-refractivity contribution in [3.63, 3.8) is 0 Å². The Bertz CT molecular complexity index is 267. The summed E-state index contributed by atoms with van der Waals surface area (Å²) in [5.74, 6) is 0. The normalized spacial score (nSPS) is 21.4. The molecule has 0 aromatic carbocycles. The van der Waals surface area contributed by atoms with Gasteiger partial charge in [-0.1, -0.05) is 12.2 Å². The van der Waals surface area contributed by atoms with E-state index in [9.17, 15) is 0 Å². The minimum absolute atomic E-state index is 0.0367. The second-order valence-electron chi connectivity index (χ2n) is 4.86. The Morgan fingerprint density at radius 2 is 1.16 bits per heavy atom. The minimum Gasteiger partial charge on any atom is -0.382 e. The summed E-state index contributed by atoms with van der Waals surface area (Å²) in [7, 11) is 3.36.